The van der Waals surface area contributed by atoms with Gasteiger partial charge in [0.1, 0.15) is 0 Å². The fourth-order valence-electron chi connectivity index (χ4n) is 1.90. The summed E-state index contributed by atoms with van der Waals surface area (Å²) in [6.07, 6.45) is 2.13. The summed E-state index contributed by atoms with van der Waals surface area (Å²) in [7, 11) is 0. The Bertz CT molecular complexity index is 499. The van der Waals surface area contributed by atoms with Crippen molar-refractivity contribution < 1.29 is 4.74 Å². The van der Waals surface area contributed by atoms with Gasteiger partial charge in [-0.25, -0.2) is 4.68 Å². The minimum atomic E-state index is -0.300. The summed E-state index contributed by atoms with van der Waals surface area (Å²) >= 11 is 0. The molecular formula is C14H21N5O. The Kier molecular flexibility index (Phi) is 5.64. The van der Waals surface area contributed by atoms with Crippen LogP contribution in [0.3, 0.4) is 0 Å². The zero-order valence-electron chi connectivity index (χ0n) is 11.8. The van der Waals surface area contributed by atoms with E-state index >= 15 is 0 Å². The molecule has 6 nitrogen and oxygen atoms in total. The Balaban J connectivity index is 1.82. The Hall–Kier alpha value is -1.79. The molecule has 0 aliphatic carbocycles. The summed E-state index contributed by atoms with van der Waals surface area (Å²) in [5.41, 5.74) is 7.22. The summed E-state index contributed by atoms with van der Waals surface area (Å²) in [6, 6.07) is 9.71. The van der Waals surface area contributed by atoms with Crippen LogP contribution in [0.25, 0.3) is 0 Å². The van der Waals surface area contributed by atoms with E-state index < -0.39 is 0 Å². The van der Waals surface area contributed by atoms with Gasteiger partial charge in [-0.2, -0.15) is 0 Å². The van der Waals surface area contributed by atoms with E-state index in [1.54, 1.807) is 4.68 Å². The molecule has 1 aromatic heterocycles. The average Bonchev–Trinajstić information content (AvgIpc) is 2.94. The number of rotatable bonds is 8. The fraction of sp³-hybridized carbons (Fsp3) is 0.500. The third-order valence-electron chi connectivity index (χ3n) is 3.02. The van der Waals surface area contributed by atoms with Crippen molar-refractivity contribution in [3.8, 4) is 0 Å². The predicted molar refractivity (Wildman–Crippen MR) is 75.8 cm³/mol. The minimum Gasteiger partial charge on any atom is -0.375 e. The quantitative estimate of drug-likeness (QED) is 0.793. The molecule has 1 atom stereocenters. The standard InChI is InChI=1S/C14H21N5O/c1-2-3-9-19-14(16-17-18-19)13(15)11-20-10-12-7-5-4-6-8-12/h4-8,13H,2-3,9-11,15H2,1H3. The largest absolute Gasteiger partial charge is 0.375 e. The molecule has 0 radical (unpaired) electrons. The summed E-state index contributed by atoms with van der Waals surface area (Å²) in [5.74, 6) is 0.687. The van der Waals surface area contributed by atoms with Crippen LogP contribution < -0.4 is 5.73 Å². The first kappa shape index (κ1) is 14.6. The number of unbranched alkanes of at least 4 members (excludes halogenated alkanes) is 1. The van der Waals surface area contributed by atoms with E-state index in [0.29, 0.717) is 19.0 Å². The molecule has 2 aromatic rings. The van der Waals surface area contributed by atoms with Gasteiger partial charge in [0.15, 0.2) is 5.82 Å². The van der Waals surface area contributed by atoms with Crippen molar-refractivity contribution in [1.29, 1.82) is 0 Å². The first-order valence-corrected chi connectivity index (χ1v) is 6.94. The molecule has 0 fully saturated rings. The second-order valence-corrected chi connectivity index (χ2v) is 4.72. The zero-order valence-corrected chi connectivity index (χ0v) is 11.8. The number of tetrazole rings is 1. The number of ether oxygens (including phenoxy) is 1. The topological polar surface area (TPSA) is 78.9 Å². The van der Waals surface area contributed by atoms with Gasteiger partial charge in [0.05, 0.1) is 19.3 Å². The van der Waals surface area contributed by atoms with Gasteiger partial charge in [-0.15, -0.1) is 5.10 Å². The molecule has 108 valence electrons. The molecule has 1 aromatic carbocycles. The molecule has 0 saturated heterocycles. The first-order chi connectivity index (χ1) is 9.81. The zero-order chi connectivity index (χ0) is 14.2. The van der Waals surface area contributed by atoms with Crippen molar-refractivity contribution >= 4 is 0 Å². The van der Waals surface area contributed by atoms with Crippen LogP contribution in [0.15, 0.2) is 30.3 Å². The van der Waals surface area contributed by atoms with Crippen LogP contribution in [-0.4, -0.2) is 26.8 Å². The molecule has 0 bridgehead atoms. The molecule has 1 heterocycles. The SMILES string of the molecule is CCCCn1nnnc1C(N)COCc1ccccc1. The van der Waals surface area contributed by atoms with Crippen LogP contribution in [0.4, 0.5) is 0 Å². The van der Waals surface area contributed by atoms with E-state index in [2.05, 4.69) is 22.4 Å². The molecule has 2 rings (SSSR count). The van der Waals surface area contributed by atoms with Gasteiger partial charge >= 0.3 is 0 Å². The fourth-order valence-corrected chi connectivity index (χ4v) is 1.90. The van der Waals surface area contributed by atoms with Gasteiger partial charge in [-0.3, -0.25) is 0 Å². The second-order valence-electron chi connectivity index (χ2n) is 4.72. The summed E-state index contributed by atoms with van der Waals surface area (Å²) in [5, 5.41) is 11.6. The van der Waals surface area contributed by atoms with Crippen LogP contribution >= 0.6 is 0 Å². The Morgan fingerprint density at radius 1 is 1.30 bits per heavy atom. The highest BCUT2D eigenvalue weighted by Crippen LogP contribution is 2.09. The lowest BCUT2D eigenvalue weighted by molar-refractivity contribution is 0.105. The molecule has 0 amide bonds. The number of benzene rings is 1. The first-order valence-electron chi connectivity index (χ1n) is 6.94. The Labute approximate surface area is 118 Å². The van der Waals surface area contributed by atoms with Crippen molar-refractivity contribution in [3.05, 3.63) is 41.7 Å². The third kappa shape index (κ3) is 4.11. The molecule has 2 N–H and O–H groups in total. The van der Waals surface area contributed by atoms with Crippen LogP contribution in [-0.2, 0) is 17.9 Å². The lowest BCUT2D eigenvalue weighted by Crippen LogP contribution is -2.22. The van der Waals surface area contributed by atoms with E-state index in [4.69, 9.17) is 10.5 Å². The van der Waals surface area contributed by atoms with Crippen molar-refractivity contribution in [2.24, 2.45) is 5.73 Å². The smallest absolute Gasteiger partial charge is 0.170 e. The maximum atomic E-state index is 6.09. The molecular weight excluding hydrogens is 254 g/mol. The predicted octanol–water partition coefficient (Wildman–Crippen LogP) is 1.69. The maximum absolute atomic E-state index is 6.09. The highest BCUT2D eigenvalue weighted by atomic mass is 16.5. The van der Waals surface area contributed by atoms with Crippen molar-refractivity contribution in [2.45, 2.75) is 39.0 Å². The summed E-state index contributed by atoms with van der Waals surface area (Å²) in [4.78, 5) is 0. The van der Waals surface area contributed by atoms with Gasteiger partial charge in [-0.1, -0.05) is 43.7 Å². The van der Waals surface area contributed by atoms with E-state index in [1.807, 2.05) is 30.3 Å². The second kappa shape index (κ2) is 7.72. The van der Waals surface area contributed by atoms with Crippen LogP contribution in [0.2, 0.25) is 0 Å². The van der Waals surface area contributed by atoms with Crippen LogP contribution in [0.5, 0.6) is 0 Å². The van der Waals surface area contributed by atoms with Gasteiger partial charge < -0.3 is 10.5 Å². The van der Waals surface area contributed by atoms with E-state index in [9.17, 15) is 0 Å². The van der Waals surface area contributed by atoms with Crippen LogP contribution in [0.1, 0.15) is 37.2 Å². The monoisotopic (exact) mass is 275 g/mol. The van der Waals surface area contributed by atoms with E-state index in [1.165, 1.54) is 0 Å². The summed E-state index contributed by atoms with van der Waals surface area (Å²) in [6.45, 7) is 3.88. The number of nitrogens with zero attached hydrogens (tertiary/aromatic N) is 4. The van der Waals surface area contributed by atoms with Gasteiger partial charge in [-0.05, 0) is 22.4 Å². The van der Waals surface area contributed by atoms with E-state index in [0.717, 1.165) is 24.9 Å². The number of hydrogen-bond acceptors (Lipinski definition) is 5. The average molecular weight is 275 g/mol. The molecule has 6 heteroatoms. The van der Waals surface area contributed by atoms with Crippen molar-refractivity contribution in [3.63, 3.8) is 0 Å². The van der Waals surface area contributed by atoms with Gasteiger partial charge in [0.25, 0.3) is 0 Å². The Morgan fingerprint density at radius 2 is 2.10 bits per heavy atom. The molecule has 0 aliphatic rings. The number of hydrogen-bond donors (Lipinski definition) is 1. The summed E-state index contributed by atoms with van der Waals surface area (Å²) < 4.78 is 7.39. The Morgan fingerprint density at radius 3 is 2.85 bits per heavy atom. The molecule has 20 heavy (non-hydrogen) atoms. The van der Waals surface area contributed by atoms with Gasteiger partial charge in [0.2, 0.25) is 0 Å². The lowest BCUT2D eigenvalue weighted by Gasteiger charge is -2.12. The highest BCUT2D eigenvalue weighted by molar-refractivity contribution is 5.13. The number of aryl methyl sites for hydroxylation is 1. The maximum Gasteiger partial charge on any atom is 0.170 e. The lowest BCUT2D eigenvalue weighted by atomic mass is 10.2. The third-order valence-corrected chi connectivity index (χ3v) is 3.02. The highest BCUT2D eigenvalue weighted by Gasteiger charge is 2.14. The normalized spacial score (nSPS) is 12.5. The minimum absolute atomic E-state index is 0.300. The van der Waals surface area contributed by atoms with Crippen molar-refractivity contribution in [2.75, 3.05) is 6.61 Å². The molecule has 1 unspecified atom stereocenters. The van der Waals surface area contributed by atoms with Crippen molar-refractivity contribution in [1.82, 2.24) is 20.2 Å². The molecule has 0 saturated carbocycles. The number of aromatic nitrogens is 4. The van der Waals surface area contributed by atoms with Crippen LogP contribution in [0, 0.1) is 0 Å². The van der Waals surface area contributed by atoms with E-state index in [-0.39, 0.29) is 6.04 Å². The molecule has 0 aliphatic heterocycles. The molecule has 0 spiro atoms. The van der Waals surface area contributed by atoms with Gasteiger partial charge in [0, 0.05) is 6.54 Å². The number of nitrogens with two attached hydrogens (primary N) is 1.